The minimum atomic E-state index is -0.425. The maximum absolute atomic E-state index is 13.1. The van der Waals surface area contributed by atoms with Crippen molar-refractivity contribution in [1.82, 2.24) is 5.32 Å². The van der Waals surface area contributed by atoms with E-state index in [1.807, 2.05) is 12.1 Å². The molecule has 1 N–H and O–H groups in total. The molecule has 0 radical (unpaired) electrons. The van der Waals surface area contributed by atoms with Gasteiger partial charge in [0, 0.05) is 0 Å². The molecule has 17 heavy (non-hydrogen) atoms. The second-order valence-electron chi connectivity index (χ2n) is 3.54. The lowest BCUT2D eigenvalue weighted by atomic mass is 10.0. The molecule has 0 saturated heterocycles. The average Bonchev–Trinajstić information content (AvgIpc) is 2.71. The van der Waals surface area contributed by atoms with E-state index in [1.165, 1.54) is 6.07 Å². The zero-order chi connectivity index (χ0) is 12.4. The summed E-state index contributed by atoms with van der Waals surface area (Å²) in [5.41, 5.74) is 0.848. The van der Waals surface area contributed by atoms with E-state index >= 15 is 0 Å². The van der Waals surface area contributed by atoms with Crippen LogP contribution in [0.4, 0.5) is 4.39 Å². The third-order valence-electron chi connectivity index (χ3n) is 2.44. The van der Waals surface area contributed by atoms with Gasteiger partial charge < -0.3 is 9.73 Å². The third-order valence-corrected chi connectivity index (χ3v) is 3.16. The van der Waals surface area contributed by atoms with Crippen LogP contribution in [0, 0.1) is 5.82 Å². The Bertz CT molecular complexity index is 529. The van der Waals surface area contributed by atoms with Gasteiger partial charge >= 0.3 is 0 Å². The number of halogens is 3. The van der Waals surface area contributed by atoms with Gasteiger partial charge in [0.1, 0.15) is 11.6 Å². The first kappa shape index (κ1) is 12.6. The van der Waals surface area contributed by atoms with E-state index in [2.05, 4.69) is 21.2 Å². The molecule has 0 saturated carbocycles. The van der Waals surface area contributed by atoms with Crippen LogP contribution in [-0.2, 0) is 0 Å². The third kappa shape index (κ3) is 2.70. The number of furan rings is 1. The number of hydrogen-bond donors (Lipinski definition) is 1. The minimum Gasteiger partial charge on any atom is -0.452 e. The van der Waals surface area contributed by atoms with E-state index in [-0.39, 0.29) is 11.1 Å². The Morgan fingerprint density at radius 1 is 1.35 bits per heavy atom. The van der Waals surface area contributed by atoms with E-state index < -0.39 is 5.82 Å². The zero-order valence-electron chi connectivity index (χ0n) is 9.01. The predicted octanol–water partition coefficient (Wildman–Crippen LogP) is 4.14. The van der Waals surface area contributed by atoms with Gasteiger partial charge in [0.05, 0.1) is 11.1 Å². The lowest BCUT2D eigenvalue weighted by Crippen LogP contribution is -2.17. The van der Waals surface area contributed by atoms with Crippen molar-refractivity contribution in [3.8, 4) is 0 Å². The summed E-state index contributed by atoms with van der Waals surface area (Å²) < 4.78 is 19.2. The Hall–Kier alpha value is -0.840. The Labute approximate surface area is 112 Å². The molecular weight excluding hydrogens is 308 g/mol. The fourth-order valence-electron chi connectivity index (χ4n) is 1.65. The smallest absolute Gasteiger partial charge is 0.169 e. The molecule has 5 heteroatoms. The zero-order valence-corrected chi connectivity index (χ0v) is 11.3. The van der Waals surface area contributed by atoms with Crippen molar-refractivity contribution in [2.45, 2.75) is 6.04 Å². The Balaban J connectivity index is 2.38. The molecule has 0 aliphatic carbocycles. The number of rotatable bonds is 3. The second-order valence-corrected chi connectivity index (χ2v) is 4.73. The maximum atomic E-state index is 13.1. The molecule has 0 aliphatic rings. The summed E-state index contributed by atoms with van der Waals surface area (Å²) in [7, 11) is 1.80. The van der Waals surface area contributed by atoms with Gasteiger partial charge in [-0.1, -0.05) is 17.7 Å². The minimum absolute atomic E-state index is 0.105. The first-order chi connectivity index (χ1) is 8.11. The van der Waals surface area contributed by atoms with Crippen molar-refractivity contribution in [3.05, 3.63) is 57.2 Å². The lowest BCUT2D eigenvalue weighted by molar-refractivity contribution is 0.447. The van der Waals surface area contributed by atoms with Crippen LogP contribution in [-0.4, -0.2) is 7.05 Å². The molecule has 90 valence electrons. The first-order valence-corrected chi connectivity index (χ1v) is 6.16. The van der Waals surface area contributed by atoms with Crippen molar-refractivity contribution in [1.29, 1.82) is 0 Å². The highest BCUT2D eigenvalue weighted by molar-refractivity contribution is 9.10. The highest BCUT2D eigenvalue weighted by atomic mass is 79.9. The largest absolute Gasteiger partial charge is 0.452 e. The molecule has 1 unspecified atom stereocenters. The van der Waals surface area contributed by atoms with Gasteiger partial charge in [-0.05, 0) is 52.8 Å². The summed E-state index contributed by atoms with van der Waals surface area (Å²) in [5.74, 6) is 0.313. The van der Waals surface area contributed by atoms with Crippen molar-refractivity contribution in [2.75, 3.05) is 7.05 Å². The van der Waals surface area contributed by atoms with Gasteiger partial charge in [-0.2, -0.15) is 0 Å². The molecule has 2 aromatic rings. The van der Waals surface area contributed by atoms with Crippen molar-refractivity contribution in [2.24, 2.45) is 0 Å². The van der Waals surface area contributed by atoms with Crippen LogP contribution in [0.3, 0.4) is 0 Å². The van der Waals surface area contributed by atoms with Crippen LogP contribution < -0.4 is 5.32 Å². The Morgan fingerprint density at radius 3 is 2.65 bits per heavy atom. The van der Waals surface area contributed by atoms with Crippen molar-refractivity contribution in [3.63, 3.8) is 0 Å². The first-order valence-electron chi connectivity index (χ1n) is 4.99. The molecule has 0 amide bonds. The summed E-state index contributed by atoms with van der Waals surface area (Å²) >= 11 is 9.01. The monoisotopic (exact) mass is 317 g/mol. The fourth-order valence-corrected chi connectivity index (χ4v) is 2.16. The van der Waals surface area contributed by atoms with Gasteiger partial charge in [0.2, 0.25) is 0 Å². The summed E-state index contributed by atoms with van der Waals surface area (Å²) in [6.45, 7) is 0. The quantitative estimate of drug-likeness (QED) is 0.920. The van der Waals surface area contributed by atoms with Gasteiger partial charge in [0.25, 0.3) is 0 Å². The highest BCUT2D eigenvalue weighted by Gasteiger charge is 2.16. The normalized spacial score (nSPS) is 12.7. The van der Waals surface area contributed by atoms with Crippen LogP contribution in [0.5, 0.6) is 0 Å². The molecule has 1 aromatic carbocycles. The molecule has 2 nitrogen and oxygen atoms in total. The summed E-state index contributed by atoms with van der Waals surface area (Å²) in [4.78, 5) is 0. The Kier molecular flexibility index (Phi) is 3.86. The molecule has 1 aromatic heterocycles. The van der Waals surface area contributed by atoms with Gasteiger partial charge in [-0.25, -0.2) is 4.39 Å². The molecule has 0 fully saturated rings. The van der Waals surface area contributed by atoms with Crippen molar-refractivity contribution >= 4 is 27.5 Å². The van der Waals surface area contributed by atoms with Crippen LogP contribution >= 0.6 is 27.5 Å². The summed E-state index contributed by atoms with van der Waals surface area (Å²) in [5, 5.41) is 3.20. The van der Waals surface area contributed by atoms with Gasteiger partial charge in [-0.15, -0.1) is 0 Å². The lowest BCUT2D eigenvalue weighted by Gasteiger charge is -2.14. The van der Waals surface area contributed by atoms with Crippen LogP contribution in [0.25, 0.3) is 0 Å². The van der Waals surface area contributed by atoms with E-state index in [4.69, 9.17) is 16.0 Å². The van der Waals surface area contributed by atoms with Gasteiger partial charge in [-0.3, -0.25) is 0 Å². The highest BCUT2D eigenvalue weighted by Crippen LogP contribution is 2.28. The van der Waals surface area contributed by atoms with Crippen LogP contribution in [0.1, 0.15) is 17.4 Å². The predicted molar refractivity (Wildman–Crippen MR) is 68.7 cm³/mol. The van der Waals surface area contributed by atoms with E-state index in [0.717, 1.165) is 11.3 Å². The number of hydrogen-bond acceptors (Lipinski definition) is 2. The molecule has 0 aliphatic heterocycles. The number of benzene rings is 1. The average molecular weight is 319 g/mol. The standard InChI is InChI=1S/C12H10BrClFNO/c1-16-12(10-4-5-11(13)17-10)7-2-3-9(15)8(14)6-7/h2-6,12,16H,1H3. The molecular formula is C12H10BrClFNO. The molecule has 0 bridgehead atoms. The SMILES string of the molecule is CNC(c1ccc(F)c(Cl)c1)c1ccc(Br)o1. The molecule has 1 heterocycles. The van der Waals surface area contributed by atoms with E-state index in [1.54, 1.807) is 19.2 Å². The van der Waals surface area contributed by atoms with Gasteiger partial charge in [0.15, 0.2) is 4.67 Å². The molecule has 0 spiro atoms. The summed E-state index contributed by atoms with van der Waals surface area (Å²) in [6, 6.07) is 8.13. The van der Waals surface area contributed by atoms with E-state index in [0.29, 0.717) is 4.67 Å². The van der Waals surface area contributed by atoms with E-state index in [9.17, 15) is 4.39 Å². The van der Waals surface area contributed by atoms with Crippen LogP contribution in [0.15, 0.2) is 39.4 Å². The molecule has 1 atom stereocenters. The molecule has 2 rings (SSSR count). The Morgan fingerprint density at radius 2 is 2.12 bits per heavy atom. The summed E-state index contributed by atoms with van der Waals surface area (Å²) in [6.07, 6.45) is 0. The fraction of sp³-hybridized carbons (Fsp3) is 0.167. The number of nitrogens with one attached hydrogen (secondary N) is 1. The van der Waals surface area contributed by atoms with Crippen molar-refractivity contribution < 1.29 is 8.81 Å². The maximum Gasteiger partial charge on any atom is 0.169 e. The topological polar surface area (TPSA) is 25.2 Å². The van der Waals surface area contributed by atoms with Crippen LogP contribution in [0.2, 0.25) is 5.02 Å². The second kappa shape index (κ2) is 5.21.